The molecule has 0 aliphatic heterocycles. The van der Waals surface area contributed by atoms with E-state index in [1.54, 1.807) is 0 Å². The van der Waals surface area contributed by atoms with Gasteiger partial charge in [-0.05, 0) is 44.3 Å². The molecular weight excluding hydrogens is 252 g/mol. The highest BCUT2D eigenvalue weighted by molar-refractivity contribution is 7.09. The molecule has 1 aromatic heterocycles. The van der Waals surface area contributed by atoms with Gasteiger partial charge in [0, 0.05) is 31.1 Å². The predicted molar refractivity (Wildman–Crippen MR) is 84.7 cm³/mol. The third-order valence-electron chi connectivity index (χ3n) is 4.06. The second-order valence-electron chi connectivity index (χ2n) is 6.12. The summed E-state index contributed by atoms with van der Waals surface area (Å²) in [6.45, 7) is 4.80. The van der Waals surface area contributed by atoms with Gasteiger partial charge in [0.15, 0.2) is 0 Å². The van der Waals surface area contributed by atoms with E-state index in [0.29, 0.717) is 0 Å². The minimum atomic E-state index is 0.941. The maximum atomic E-state index is 2.67. The Morgan fingerprint density at radius 2 is 1.95 bits per heavy atom. The molecule has 0 bridgehead atoms. The largest absolute Gasteiger partial charge is 0.308 e. The second-order valence-corrected chi connectivity index (χ2v) is 7.15. The molecule has 2 nitrogen and oxygen atoms in total. The van der Waals surface area contributed by atoms with E-state index in [9.17, 15) is 0 Å². The van der Waals surface area contributed by atoms with Gasteiger partial charge in [0.2, 0.25) is 0 Å². The first-order valence-corrected chi connectivity index (χ1v) is 8.51. The molecule has 1 heterocycles. The van der Waals surface area contributed by atoms with Crippen molar-refractivity contribution in [3.8, 4) is 0 Å². The monoisotopic (exact) mass is 280 g/mol. The Hall–Kier alpha value is -0.380. The van der Waals surface area contributed by atoms with Gasteiger partial charge in [0.05, 0.1) is 0 Å². The molecule has 3 heteroatoms. The Morgan fingerprint density at radius 3 is 2.58 bits per heavy atom. The van der Waals surface area contributed by atoms with Gasteiger partial charge in [-0.15, -0.1) is 11.3 Å². The SMILES string of the molecule is CN(C)CCN(Cc1cccs1)CC1CCCCC1. The summed E-state index contributed by atoms with van der Waals surface area (Å²) in [6.07, 6.45) is 7.25. The number of hydrogen-bond donors (Lipinski definition) is 0. The molecule has 0 unspecified atom stereocenters. The Morgan fingerprint density at radius 1 is 1.16 bits per heavy atom. The minimum Gasteiger partial charge on any atom is -0.308 e. The molecule has 0 radical (unpaired) electrons. The van der Waals surface area contributed by atoms with Crippen molar-refractivity contribution < 1.29 is 0 Å². The summed E-state index contributed by atoms with van der Waals surface area (Å²) >= 11 is 1.89. The number of rotatable bonds is 7. The Balaban J connectivity index is 1.84. The van der Waals surface area contributed by atoms with Crippen LogP contribution in [0.5, 0.6) is 0 Å². The van der Waals surface area contributed by atoms with E-state index >= 15 is 0 Å². The summed E-state index contributed by atoms with van der Waals surface area (Å²) in [7, 11) is 4.34. The van der Waals surface area contributed by atoms with Crippen molar-refractivity contribution in [1.82, 2.24) is 9.80 Å². The fourth-order valence-corrected chi connectivity index (χ4v) is 3.68. The van der Waals surface area contributed by atoms with Crippen LogP contribution in [0.1, 0.15) is 37.0 Å². The van der Waals surface area contributed by atoms with Gasteiger partial charge in [0.1, 0.15) is 0 Å². The molecule has 0 saturated heterocycles. The molecule has 108 valence electrons. The van der Waals surface area contributed by atoms with Crippen LogP contribution in [0.3, 0.4) is 0 Å². The van der Waals surface area contributed by atoms with Crippen LogP contribution in [0.4, 0.5) is 0 Å². The van der Waals surface area contributed by atoms with Gasteiger partial charge in [-0.1, -0.05) is 25.3 Å². The molecule has 1 fully saturated rings. The maximum Gasteiger partial charge on any atom is 0.0328 e. The molecule has 2 rings (SSSR count). The highest BCUT2D eigenvalue weighted by atomic mass is 32.1. The van der Waals surface area contributed by atoms with Crippen molar-refractivity contribution in [1.29, 1.82) is 0 Å². The lowest BCUT2D eigenvalue weighted by atomic mass is 9.89. The van der Waals surface area contributed by atoms with Crippen molar-refractivity contribution in [2.45, 2.75) is 38.6 Å². The summed E-state index contributed by atoms with van der Waals surface area (Å²) < 4.78 is 0. The first kappa shape index (κ1) is 15.0. The molecule has 1 aliphatic carbocycles. The smallest absolute Gasteiger partial charge is 0.0328 e. The fraction of sp³-hybridized carbons (Fsp3) is 0.750. The van der Waals surface area contributed by atoms with E-state index in [4.69, 9.17) is 0 Å². The molecule has 19 heavy (non-hydrogen) atoms. The summed E-state index contributed by atoms with van der Waals surface area (Å²) in [4.78, 5) is 6.47. The van der Waals surface area contributed by atoms with Crippen LogP contribution in [0.15, 0.2) is 17.5 Å². The van der Waals surface area contributed by atoms with Crippen LogP contribution in [0.2, 0.25) is 0 Å². The minimum absolute atomic E-state index is 0.941. The molecule has 0 atom stereocenters. The third kappa shape index (κ3) is 5.64. The molecule has 1 saturated carbocycles. The van der Waals surface area contributed by atoms with Crippen molar-refractivity contribution >= 4 is 11.3 Å². The quantitative estimate of drug-likeness (QED) is 0.751. The van der Waals surface area contributed by atoms with Crippen molar-refractivity contribution in [3.63, 3.8) is 0 Å². The molecular formula is C16H28N2S. The normalized spacial score (nSPS) is 17.5. The number of likely N-dealkylation sites (N-methyl/N-ethyl adjacent to an activating group) is 1. The number of hydrogen-bond acceptors (Lipinski definition) is 3. The van der Waals surface area contributed by atoms with Crippen LogP contribution in [-0.2, 0) is 6.54 Å². The number of nitrogens with zero attached hydrogens (tertiary/aromatic N) is 2. The van der Waals surface area contributed by atoms with Gasteiger partial charge in [0.25, 0.3) is 0 Å². The first-order valence-electron chi connectivity index (χ1n) is 7.63. The Labute approximate surface area is 122 Å². The molecule has 0 aromatic carbocycles. The van der Waals surface area contributed by atoms with E-state index < -0.39 is 0 Å². The van der Waals surface area contributed by atoms with E-state index in [-0.39, 0.29) is 0 Å². The first-order chi connectivity index (χ1) is 9.24. The van der Waals surface area contributed by atoms with Gasteiger partial charge in [-0.2, -0.15) is 0 Å². The van der Waals surface area contributed by atoms with Crippen LogP contribution in [0, 0.1) is 5.92 Å². The lowest BCUT2D eigenvalue weighted by Gasteiger charge is -2.30. The molecule has 0 amide bonds. The van der Waals surface area contributed by atoms with E-state index in [1.165, 1.54) is 50.1 Å². The molecule has 1 aromatic rings. The summed E-state index contributed by atoms with van der Waals surface area (Å²) in [5.41, 5.74) is 0. The molecule has 1 aliphatic rings. The van der Waals surface area contributed by atoms with Gasteiger partial charge < -0.3 is 4.90 Å². The zero-order valence-electron chi connectivity index (χ0n) is 12.5. The highest BCUT2D eigenvalue weighted by Gasteiger charge is 2.17. The zero-order valence-corrected chi connectivity index (χ0v) is 13.3. The van der Waals surface area contributed by atoms with Gasteiger partial charge >= 0.3 is 0 Å². The van der Waals surface area contributed by atoms with Gasteiger partial charge in [-0.25, -0.2) is 0 Å². The number of thiophene rings is 1. The topological polar surface area (TPSA) is 6.48 Å². The van der Waals surface area contributed by atoms with Crippen LogP contribution in [-0.4, -0.2) is 43.5 Å². The second kappa shape index (κ2) is 8.03. The summed E-state index contributed by atoms with van der Waals surface area (Å²) in [5, 5.41) is 2.19. The molecule has 0 N–H and O–H groups in total. The Kier molecular flexibility index (Phi) is 6.35. The van der Waals surface area contributed by atoms with Crippen LogP contribution in [0.25, 0.3) is 0 Å². The van der Waals surface area contributed by atoms with Crippen LogP contribution < -0.4 is 0 Å². The third-order valence-corrected chi connectivity index (χ3v) is 4.93. The summed E-state index contributed by atoms with van der Waals surface area (Å²) in [6, 6.07) is 4.44. The van der Waals surface area contributed by atoms with Crippen LogP contribution >= 0.6 is 11.3 Å². The summed E-state index contributed by atoms with van der Waals surface area (Å²) in [5.74, 6) is 0.941. The fourth-order valence-electron chi connectivity index (χ4n) is 2.93. The Bertz CT molecular complexity index is 329. The van der Waals surface area contributed by atoms with E-state index in [2.05, 4.69) is 41.4 Å². The maximum absolute atomic E-state index is 2.67. The average molecular weight is 280 g/mol. The highest BCUT2D eigenvalue weighted by Crippen LogP contribution is 2.25. The standard InChI is InChI=1S/C16H28N2S/c1-17(2)10-11-18(14-16-9-6-12-19-16)13-15-7-4-3-5-8-15/h6,9,12,15H,3-5,7-8,10-11,13-14H2,1-2H3. The average Bonchev–Trinajstić information content (AvgIpc) is 2.90. The van der Waals surface area contributed by atoms with Gasteiger partial charge in [-0.3, -0.25) is 4.90 Å². The lowest BCUT2D eigenvalue weighted by Crippen LogP contribution is -2.35. The molecule has 0 spiro atoms. The van der Waals surface area contributed by atoms with E-state index in [1.807, 2.05) is 11.3 Å². The lowest BCUT2D eigenvalue weighted by molar-refractivity contribution is 0.180. The van der Waals surface area contributed by atoms with Crippen molar-refractivity contribution in [2.75, 3.05) is 33.7 Å². The van der Waals surface area contributed by atoms with Crippen molar-refractivity contribution in [2.24, 2.45) is 5.92 Å². The zero-order chi connectivity index (χ0) is 13.5. The van der Waals surface area contributed by atoms with Crippen molar-refractivity contribution in [3.05, 3.63) is 22.4 Å². The van der Waals surface area contributed by atoms with E-state index in [0.717, 1.165) is 19.0 Å². The predicted octanol–water partition coefficient (Wildman–Crippen LogP) is 3.69.